The van der Waals surface area contributed by atoms with Crippen LogP contribution in [0.5, 0.6) is 0 Å². The number of benzene rings is 1. The van der Waals surface area contributed by atoms with E-state index in [0.29, 0.717) is 11.3 Å². The van der Waals surface area contributed by atoms with Crippen molar-refractivity contribution in [1.29, 1.82) is 0 Å². The Hall–Kier alpha value is -0.890. The summed E-state index contributed by atoms with van der Waals surface area (Å²) in [6, 6.07) is 9.00. The van der Waals surface area contributed by atoms with Gasteiger partial charge in [0, 0.05) is 54.9 Å². The van der Waals surface area contributed by atoms with Gasteiger partial charge in [0.2, 0.25) is 0 Å². The fraction of sp³-hybridized carbons (Fsp3) is 0.636. The molecular weight excluding hydrogens is 448 g/mol. The first-order chi connectivity index (χ1) is 14.2. The third kappa shape index (κ3) is 4.03. The number of fused-ring (bicyclic) bond motifs is 1. The van der Waals surface area contributed by atoms with Gasteiger partial charge in [0.05, 0.1) is 0 Å². The molecule has 0 unspecified atom stereocenters. The number of nitrogens with zero attached hydrogens (tertiary/aromatic N) is 4. The minimum absolute atomic E-state index is 0.441. The number of likely N-dealkylation sites (tertiary alicyclic amines) is 1. The van der Waals surface area contributed by atoms with Crippen LogP contribution in [0.15, 0.2) is 33.9 Å². The van der Waals surface area contributed by atoms with E-state index in [-0.39, 0.29) is 0 Å². The van der Waals surface area contributed by atoms with Crippen LogP contribution < -0.4 is 0 Å². The van der Waals surface area contributed by atoms with Crippen molar-refractivity contribution in [2.24, 2.45) is 13.0 Å². The topological polar surface area (TPSA) is 43.2 Å². The molecule has 5 nitrogen and oxygen atoms in total. The summed E-state index contributed by atoms with van der Waals surface area (Å²) in [5.74, 6) is 3.59. The Morgan fingerprint density at radius 3 is 2.79 bits per heavy atom. The highest BCUT2D eigenvalue weighted by molar-refractivity contribution is 9.10. The van der Waals surface area contributed by atoms with Crippen LogP contribution in [-0.4, -0.2) is 58.3 Å². The molecule has 0 spiro atoms. The average molecular weight is 477 g/mol. The van der Waals surface area contributed by atoms with E-state index in [1.54, 1.807) is 0 Å². The second-order valence-corrected chi connectivity index (χ2v) is 10.8. The molecule has 5 rings (SSSR count). The van der Waals surface area contributed by atoms with Crippen molar-refractivity contribution >= 4 is 27.7 Å². The number of ether oxygens (including phenoxy) is 1. The van der Waals surface area contributed by atoms with Crippen LogP contribution in [0, 0.1) is 5.92 Å². The summed E-state index contributed by atoms with van der Waals surface area (Å²) in [6.45, 7) is 5.37. The quantitative estimate of drug-likeness (QED) is 0.441. The zero-order valence-electron chi connectivity index (χ0n) is 17.0. The van der Waals surface area contributed by atoms with E-state index in [2.05, 4.69) is 66.9 Å². The Morgan fingerprint density at radius 1 is 1.21 bits per heavy atom. The molecule has 1 aliphatic carbocycles. The number of halogens is 1. The van der Waals surface area contributed by atoms with Crippen LogP contribution in [-0.2, 0) is 17.2 Å². The number of hydrogen-bond acceptors (Lipinski definition) is 5. The average Bonchev–Trinajstić information content (AvgIpc) is 3.11. The van der Waals surface area contributed by atoms with Crippen molar-refractivity contribution in [3.05, 3.63) is 40.1 Å². The highest BCUT2D eigenvalue weighted by Crippen LogP contribution is 2.59. The zero-order valence-corrected chi connectivity index (χ0v) is 19.4. The number of rotatable bonds is 7. The van der Waals surface area contributed by atoms with Crippen LogP contribution >= 0.6 is 27.7 Å². The van der Waals surface area contributed by atoms with Gasteiger partial charge in [0.15, 0.2) is 5.16 Å². The molecule has 156 valence electrons. The van der Waals surface area contributed by atoms with Gasteiger partial charge >= 0.3 is 0 Å². The van der Waals surface area contributed by atoms with Gasteiger partial charge in [-0.3, -0.25) is 0 Å². The van der Waals surface area contributed by atoms with E-state index >= 15 is 0 Å². The fourth-order valence-electron chi connectivity index (χ4n) is 5.20. The smallest absolute Gasteiger partial charge is 0.190 e. The van der Waals surface area contributed by atoms with Crippen molar-refractivity contribution in [3.63, 3.8) is 0 Å². The van der Waals surface area contributed by atoms with Crippen molar-refractivity contribution in [2.45, 2.75) is 42.2 Å². The Balaban J connectivity index is 1.09. The molecule has 0 radical (unpaired) electrons. The molecule has 1 aromatic heterocycles. The lowest BCUT2D eigenvalue weighted by atomic mass is 9.95. The van der Waals surface area contributed by atoms with Gasteiger partial charge in [0.25, 0.3) is 0 Å². The summed E-state index contributed by atoms with van der Waals surface area (Å²) < 4.78 is 8.85. The Kier molecular flexibility index (Phi) is 5.75. The van der Waals surface area contributed by atoms with E-state index in [1.807, 2.05) is 11.8 Å². The fourth-order valence-corrected chi connectivity index (χ4v) is 6.31. The first-order valence-electron chi connectivity index (χ1n) is 10.7. The summed E-state index contributed by atoms with van der Waals surface area (Å²) in [5, 5.41) is 10.00. The highest BCUT2D eigenvalue weighted by atomic mass is 79.9. The second kappa shape index (κ2) is 8.33. The molecule has 1 aromatic carbocycles. The molecule has 0 amide bonds. The van der Waals surface area contributed by atoms with E-state index in [9.17, 15) is 0 Å². The number of hydrogen-bond donors (Lipinski definition) is 0. The SMILES string of the molecule is Cn1c(SCCCN2C[C@@H]3C[C@]3(c3ccc(Br)cc3)C2)nnc1C1CCOCC1. The summed E-state index contributed by atoms with van der Waals surface area (Å²) in [5.41, 5.74) is 1.97. The lowest BCUT2D eigenvalue weighted by molar-refractivity contribution is 0.0828. The highest BCUT2D eigenvalue weighted by Gasteiger charge is 2.60. The molecule has 3 fully saturated rings. The van der Waals surface area contributed by atoms with Crippen LogP contribution in [0.25, 0.3) is 0 Å². The van der Waals surface area contributed by atoms with E-state index in [4.69, 9.17) is 4.74 Å². The molecule has 29 heavy (non-hydrogen) atoms. The van der Waals surface area contributed by atoms with Crippen LogP contribution in [0.3, 0.4) is 0 Å². The summed E-state index contributed by atoms with van der Waals surface area (Å²) in [7, 11) is 2.11. The first kappa shape index (κ1) is 20.0. The van der Waals surface area contributed by atoms with Crippen molar-refractivity contribution < 1.29 is 4.74 Å². The first-order valence-corrected chi connectivity index (χ1v) is 12.5. The summed E-state index contributed by atoms with van der Waals surface area (Å²) >= 11 is 5.41. The van der Waals surface area contributed by atoms with Crippen LogP contribution in [0.4, 0.5) is 0 Å². The van der Waals surface area contributed by atoms with Gasteiger partial charge < -0.3 is 14.2 Å². The molecule has 2 aromatic rings. The van der Waals surface area contributed by atoms with E-state index in [1.165, 1.54) is 42.5 Å². The van der Waals surface area contributed by atoms with Crippen molar-refractivity contribution in [1.82, 2.24) is 19.7 Å². The number of thioether (sulfide) groups is 1. The maximum Gasteiger partial charge on any atom is 0.190 e. The molecule has 3 aliphatic rings. The predicted octanol–water partition coefficient (Wildman–Crippen LogP) is 4.23. The maximum absolute atomic E-state index is 5.48. The summed E-state index contributed by atoms with van der Waals surface area (Å²) in [6.07, 6.45) is 4.70. The van der Waals surface area contributed by atoms with Gasteiger partial charge in [-0.2, -0.15) is 0 Å². The molecular formula is C22H29BrN4OS. The normalized spacial score (nSPS) is 27.3. The third-order valence-corrected chi connectivity index (χ3v) is 8.58. The van der Waals surface area contributed by atoms with Gasteiger partial charge in [0.1, 0.15) is 5.82 Å². The number of piperidine rings is 1. The third-order valence-electron chi connectivity index (χ3n) is 6.94. The molecule has 3 heterocycles. The minimum atomic E-state index is 0.441. The van der Waals surface area contributed by atoms with Crippen LogP contribution in [0.2, 0.25) is 0 Å². The van der Waals surface area contributed by atoms with Crippen molar-refractivity contribution in [3.8, 4) is 0 Å². The lowest BCUT2D eigenvalue weighted by Crippen LogP contribution is -2.27. The van der Waals surface area contributed by atoms with E-state index in [0.717, 1.165) is 48.7 Å². The van der Waals surface area contributed by atoms with E-state index < -0.39 is 0 Å². The number of aromatic nitrogens is 3. The van der Waals surface area contributed by atoms with Gasteiger partial charge in [-0.15, -0.1) is 10.2 Å². The molecule has 0 N–H and O–H groups in total. The molecule has 2 atom stereocenters. The van der Waals surface area contributed by atoms with Crippen molar-refractivity contribution in [2.75, 3.05) is 38.6 Å². The Labute approximate surface area is 185 Å². The monoisotopic (exact) mass is 476 g/mol. The van der Waals surface area contributed by atoms with Crippen LogP contribution in [0.1, 0.15) is 43.0 Å². The second-order valence-electron chi connectivity index (χ2n) is 8.79. The Bertz CT molecular complexity index is 851. The van der Waals surface area contributed by atoms with Gasteiger partial charge in [-0.05, 0) is 55.8 Å². The Morgan fingerprint density at radius 2 is 2.00 bits per heavy atom. The minimum Gasteiger partial charge on any atom is -0.381 e. The molecule has 0 bridgehead atoms. The maximum atomic E-state index is 5.48. The summed E-state index contributed by atoms with van der Waals surface area (Å²) in [4.78, 5) is 2.67. The molecule has 7 heteroatoms. The lowest BCUT2D eigenvalue weighted by Gasteiger charge is -2.21. The predicted molar refractivity (Wildman–Crippen MR) is 120 cm³/mol. The molecule has 2 saturated heterocycles. The largest absolute Gasteiger partial charge is 0.381 e. The standard InChI is InChI=1S/C22H29BrN4OS/c1-26-20(16-7-10-28-11-8-16)24-25-21(26)29-12-2-9-27-14-18-13-22(18,15-27)17-3-5-19(23)6-4-17/h3-6,16,18H,2,7-15H2,1H3/t18-,22+/m0/s1. The van der Waals surface area contributed by atoms with Gasteiger partial charge in [-0.1, -0.05) is 39.8 Å². The molecule has 2 aliphatic heterocycles. The zero-order chi connectivity index (χ0) is 19.8. The van der Waals surface area contributed by atoms with Gasteiger partial charge in [-0.25, -0.2) is 0 Å². The molecule has 1 saturated carbocycles.